The topological polar surface area (TPSA) is 81.5 Å². The molecule has 0 aliphatic carbocycles. The lowest BCUT2D eigenvalue weighted by Crippen LogP contribution is -2.13. The molecule has 0 spiro atoms. The number of methoxy groups -OCH3 is 1. The Bertz CT molecular complexity index is 436. The molecule has 0 radical (unpaired) electrons. The number of nitro benzene ring substituents is 1. The Morgan fingerprint density at radius 1 is 1.59 bits per heavy atom. The Labute approximate surface area is 103 Å². The lowest BCUT2D eigenvalue weighted by molar-refractivity contribution is -0.384. The molecule has 0 saturated carbocycles. The summed E-state index contributed by atoms with van der Waals surface area (Å²) >= 11 is 5.40. The molecule has 92 valence electrons. The molecule has 1 N–H and O–H groups in total. The third-order valence-corrected chi connectivity index (χ3v) is 2.19. The SMILES string of the molecule is COc1ccc(NC(=O)CCCl)c([N+](=O)[O-])c1. The number of nitrogens with zero attached hydrogens (tertiary/aromatic N) is 1. The van der Waals surface area contributed by atoms with Gasteiger partial charge in [-0.3, -0.25) is 14.9 Å². The second-order valence-corrected chi connectivity index (χ2v) is 3.51. The van der Waals surface area contributed by atoms with Crippen LogP contribution in [0.25, 0.3) is 0 Å². The van der Waals surface area contributed by atoms with E-state index in [2.05, 4.69) is 5.32 Å². The van der Waals surface area contributed by atoms with E-state index in [0.717, 1.165) is 0 Å². The highest BCUT2D eigenvalue weighted by molar-refractivity contribution is 6.19. The molecule has 0 fully saturated rings. The normalized spacial score (nSPS) is 9.76. The van der Waals surface area contributed by atoms with Crippen LogP contribution in [0.4, 0.5) is 11.4 Å². The van der Waals surface area contributed by atoms with Gasteiger partial charge in [0.15, 0.2) is 0 Å². The van der Waals surface area contributed by atoms with Crippen molar-refractivity contribution in [1.29, 1.82) is 0 Å². The van der Waals surface area contributed by atoms with Gasteiger partial charge < -0.3 is 10.1 Å². The standard InChI is InChI=1S/C10H11ClN2O4/c1-17-7-2-3-8(9(6-7)13(15)16)12-10(14)4-5-11/h2-3,6H,4-5H2,1H3,(H,12,14). The molecular formula is C10H11ClN2O4. The molecular weight excluding hydrogens is 248 g/mol. The van der Waals surface area contributed by atoms with Crippen molar-refractivity contribution < 1.29 is 14.5 Å². The summed E-state index contributed by atoms with van der Waals surface area (Å²) < 4.78 is 4.87. The molecule has 1 aromatic carbocycles. The minimum absolute atomic E-state index is 0.102. The number of nitrogens with one attached hydrogen (secondary N) is 1. The van der Waals surface area contributed by atoms with Crippen molar-refractivity contribution in [2.24, 2.45) is 0 Å². The maximum Gasteiger partial charge on any atom is 0.296 e. The van der Waals surface area contributed by atoms with Crippen molar-refractivity contribution in [2.75, 3.05) is 18.3 Å². The lowest BCUT2D eigenvalue weighted by Gasteiger charge is -2.06. The van der Waals surface area contributed by atoms with Crippen molar-refractivity contribution in [3.63, 3.8) is 0 Å². The van der Waals surface area contributed by atoms with Gasteiger partial charge in [-0.15, -0.1) is 11.6 Å². The second-order valence-electron chi connectivity index (χ2n) is 3.13. The Hall–Kier alpha value is -1.82. The van der Waals surface area contributed by atoms with E-state index < -0.39 is 4.92 Å². The predicted octanol–water partition coefficient (Wildman–Crippen LogP) is 2.17. The lowest BCUT2D eigenvalue weighted by atomic mass is 10.2. The number of halogens is 1. The highest BCUT2D eigenvalue weighted by Crippen LogP contribution is 2.28. The minimum atomic E-state index is -0.584. The van der Waals surface area contributed by atoms with Gasteiger partial charge >= 0.3 is 0 Å². The first-order valence-electron chi connectivity index (χ1n) is 4.76. The average Bonchev–Trinajstić information content (AvgIpc) is 2.29. The van der Waals surface area contributed by atoms with Gasteiger partial charge in [0.2, 0.25) is 5.91 Å². The van der Waals surface area contributed by atoms with Gasteiger partial charge in [0.1, 0.15) is 11.4 Å². The van der Waals surface area contributed by atoms with Crippen LogP contribution >= 0.6 is 11.6 Å². The number of ether oxygens (including phenoxy) is 1. The fraction of sp³-hybridized carbons (Fsp3) is 0.300. The number of rotatable bonds is 5. The third kappa shape index (κ3) is 3.60. The molecule has 0 aliphatic heterocycles. The zero-order valence-electron chi connectivity index (χ0n) is 9.10. The van der Waals surface area contributed by atoms with Gasteiger partial charge in [0.05, 0.1) is 18.1 Å². The summed E-state index contributed by atoms with van der Waals surface area (Å²) in [5, 5.41) is 13.2. The zero-order chi connectivity index (χ0) is 12.8. The highest BCUT2D eigenvalue weighted by Gasteiger charge is 2.16. The van der Waals surface area contributed by atoms with Crippen LogP contribution in [-0.4, -0.2) is 23.8 Å². The first-order valence-corrected chi connectivity index (χ1v) is 5.30. The van der Waals surface area contributed by atoms with Crippen LogP contribution in [0.3, 0.4) is 0 Å². The van der Waals surface area contributed by atoms with Gasteiger partial charge in [-0.1, -0.05) is 0 Å². The number of alkyl halides is 1. The Kier molecular flexibility index (Phi) is 4.71. The van der Waals surface area contributed by atoms with Crippen molar-refractivity contribution in [3.8, 4) is 5.75 Å². The maximum absolute atomic E-state index is 11.3. The van der Waals surface area contributed by atoms with E-state index in [1.54, 1.807) is 0 Å². The van der Waals surface area contributed by atoms with Gasteiger partial charge in [-0.2, -0.15) is 0 Å². The number of carbonyl (C=O) groups excluding carboxylic acids is 1. The van der Waals surface area contributed by atoms with Crippen LogP contribution in [0, 0.1) is 10.1 Å². The minimum Gasteiger partial charge on any atom is -0.496 e. The molecule has 0 atom stereocenters. The van der Waals surface area contributed by atoms with Crippen molar-refractivity contribution in [1.82, 2.24) is 0 Å². The number of carbonyl (C=O) groups is 1. The number of amides is 1. The Balaban J connectivity index is 2.98. The Morgan fingerprint density at radius 2 is 2.29 bits per heavy atom. The largest absolute Gasteiger partial charge is 0.496 e. The van der Waals surface area contributed by atoms with E-state index in [0.29, 0.717) is 5.75 Å². The second kappa shape index (κ2) is 6.05. The molecule has 17 heavy (non-hydrogen) atoms. The molecule has 1 rings (SSSR count). The molecule has 6 nitrogen and oxygen atoms in total. The van der Waals surface area contributed by atoms with E-state index in [1.807, 2.05) is 0 Å². The molecule has 7 heteroatoms. The number of anilines is 1. The monoisotopic (exact) mass is 258 g/mol. The van der Waals surface area contributed by atoms with E-state index in [9.17, 15) is 14.9 Å². The van der Waals surface area contributed by atoms with Gasteiger partial charge in [-0.25, -0.2) is 0 Å². The van der Waals surface area contributed by atoms with Crippen molar-refractivity contribution >= 4 is 28.9 Å². The summed E-state index contributed by atoms with van der Waals surface area (Å²) in [6.07, 6.45) is 0.102. The summed E-state index contributed by atoms with van der Waals surface area (Å²) in [6, 6.07) is 4.20. The van der Waals surface area contributed by atoms with Crippen LogP contribution in [0.1, 0.15) is 6.42 Å². The summed E-state index contributed by atoms with van der Waals surface area (Å²) in [5.41, 5.74) is -0.0850. The van der Waals surface area contributed by atoms with Crippen LogP contribution in [-0.2, 0) is 4.79 Å². The van der Waals surface area contributed by atoms with Gasteiger partial charge in [0.25, 0.3) is 5.69 Å². The number of hydrogen-bond acceptors (Lipinski definition) is 4. The predicted molar refractivity (Wildman–Crippen MR) is 63.6 cm³/mol. The van der Waals surface area contributed by atoms with E-state index in [-0.39, 0.29) is 29.6 Å². The summed E-state index contributed by atoms with van der Waals surface area (Å²) in [7, 11) is 1.41. The van der Waals surface area contributed by atoms with Crippen molar-refractivity contribution in [3.05, 3.63) is 28.3 Å². The highest BCUT2D eigenvalue weighted by atomic mass is 35.5. The molecule has 1 aromatic rings. The molecule has 0 heterocycles. The quantitative estimate of drug-likeness (QED) is 0.498. The molecule has 0 unspecified atom stereocenters. The fourth-order valence-corrected chi connectivity index (χ4v) is 1.37. The first kappa shape index (κ1) is 13.2. The average molecular weight is 259 g/mol. The molecule has 0 saturated heterocycles. The third-order valence-electron chi connectivity index (χ3n) is 2.00. The van der Waals surface area contributed by atoms with Crippen LogP contribution in [0.2, 0.25) is 0 Å². The van der Waals surface area contributed by atoms with Crippen LogP contribution in [0.15, 0.2) is 18.2 Å². The molecule has 0 aliphatic rings. The van der Waals surface area contributed by atoms with Gasteiger partial charge in [0, 0.05) is 12.3 Å². The summed E-state index contributed by atoms with van der Waals surface area (Å²) in [6.45, 7) is 0. The van der Waals surface area contributed by atoms with Crippen LogP contribution < -0.4 is 10.1 Å². The van der Waals surface area contributed by atoms with E-state index in [1.165, 1.54) is 25.3 Å². The number of nitro groups is 1. The van der Waals surface area contributed by atoms with E-state index in [4.69, 9.17) is 16.3 Å². The van der Waals surface area contributed by atoms with Crippen LogP contribution in [0.5, 0.6) is 5.75 Å². The number of benzene rings is 1. The van der Waals surface area contributed by atoms with E-state index >= 15 is 0 Å². The smallest absolute Gasteiger partial charge is 0.296 e. The zero-order valence-corrected chi connectivity index (χ0v) is 9.86. The number of hydrogen-bond donors (Lipinski definition) is 1. The first-order chi connectivity index (χ1) is 8.08. The fourth-order valence-electron chi connectivity index (χ4n) is 1.19. The van der Waals surface area contributed by atoms with Gasteiger partial charge in [-0.05, 0) is 12.1 Å². The van der Waals surface area contributed by atoms with Crippen molar-refractivity contribution in [2.45, 2.75) is 6.42 Å². The summed E-state index contributed by atoms with van der Waals surface area (Å²) in [4.78, 5) is 21.5. The Morgan fingerprint density at radius 3 is 2.82 bits per heavy atom. The summed E-state index contributed by atoms with van der Waals surface area (Å²) in [5.74, 6) is 0.149. The molecule has 0 bridgehead atoms. The molecule has 0 aromatic heterocycles. The maximum atomic E-state index is 11.3. The molecule has 1 amide bonds.